The Kier molecular flexibility index (Phi) is 4.13. The van der Waals surface area contributed by atoms with E-state index in [1.807, 2.05) is 0 Å². The number of aliphatic hydroxyl groups is 1. The molecule has 0 bridgehead atoms. The Labute approximate surface area is 145 Å². The number of pyridine rings is 2. The molecule has 0 saturated carbocycles. The van der Waals surface area contributed by atoms with Crippen molar-refractivity contribution in [2.24, 2.45) is 0 Å². The molecule has 0 radical (unpaired) electrons. The predicted octanol–water partition coefficient (Wildman–Crippen LogP) is 0.382. The molecular formula is C15H20N6O3S. The van der Waals surface area contributed by atoms with Gasteiger partial charge in [-0.05, 0) is 26.0 Å². The van der Waals surface area contributed by atoms with Gasteiger partial charge in [0.25, 0.3) is 0 Å². The number of hydrogen-bond donors (Lipinski definition) is 3. The van der Waals surface area contributed by atoms with Crippen molar-refractivity contribution in [3.05, 3.63) is 24.2 Å². The van der Waals surface area contributed by atoms with E-state index < -0.39 is 15.6 Å². The van der Waals surface area contributed by atoms with Crippen molar-refractivity contribution in [3.63, 3.8) is 0 Å². The molecule has 134 valence electrons. The van der Waals surface area contributed by atoms with Gasteiger partial charge in [-0.25, -0.2) is 23.1 Å². The molecule has 0 fully saturated rings. The molecule has 0 aromatic carbocycles. The van der Waals surface area contributed by atoms with E-state index in [0.29, 0.717) is 27.9 Å². The minimum absolute atomic E-state index is 0.234. The number of imidazole rings is 1. The number of hydrogen-bond acceptors (Lipinski definition) is 7. The third kappa shape index (κ3) is 3.41. The number of nitrogens with zero attached hydrogens (tertiary/aromatic N) is 4. The molecular weight excluding hydrogens is 344 g/mol. The van der Waals surface area contributed by atoms with E-state index in [9.17, 15) is 13.5 Å². The highest BCUT2D eigenvalue weighted by molar-refractivity contribution is 7.88. The molecule has 0 saturated heterocycles. The number of fused-ring (bicyclic) bond motifs is 3. The summed E-state index contributed by atoms with van der Waals surface area (Å²) in [6.45, 7) is 3.42. The number of rotatable bonds is 5. The van der Waals surface area contributed by atoms with Crippen LogP contribution in [0.3, 0.4) is 0 Å². The van der Waals surface area contributed by atoms with Crippen molar-refractivity contribution < 1.29 is 13.5 Å². The molecule has 9 nitrogen and oxygen atoms in total. The highest BCUT2D eigenvalue weighted by Crippen LogP contribution is 2.28. The second-order valence-electron chi connectivity index (χ2n) is 6.60. The smallest absolute Gasteiger partial charge is 0.209 e. The van der Waals surface area contributed by atoms with Crippen LogP contribution in [0.4, 0.5) is 5.82 Å². The van der Waals surface area contributed by atoms with Crippen LogP contribution in [0.2, 0.25) is 0 Å². The van der Waals surface area contributed by atoms with Gasteiger partial charge in [0.2, 0.25) is 10.0 Å². The fourth-order valence-electron chi connectivity index (χ4n) is 2.99. The number of aromatic nitrogens is 4. The molecule has 4 N–H and O–H groups in total. The molecule has 0 aliphatic carbocycles. The molecule has 0 amide bonds. The van der Waals surface area contributed by atoms with Gasteiger partial charge < -0.3 is 15.4 Å². The normalized spacial score (nSPS) is 13.0. The summed E-state index contributed by atoms with van der Waals surface area (Å²) in [5.41, 5.74) is 7.45. The number of sulfonamides is 1. The van der Waals surface area contributed by atoms with E-state index in [4.69, 9.17) is 5.73 Å². The number of nitrogen functional groups attached to an aromatic ring is 1. The van der Waals surface area contributed by atoms with Crippen LogP contribution in [0.1, 0.15) is 19.7 Å². The summed E-state index contributed by atoms with van der Waals surface area (Å²) in [6.07, 6.45) is 2.74. The highest BCUT2D eigenvalue weighted by Gasteiger charge is 2.26. The summed E-state index contributed by atoms with van der Waals surface area (Å²) in [5.74, 6) is 0.600. The van der Waals surface area contributed by atoms with E-state index in [0.717, 1.165) is 6.26 Å². The molecule has 0 unspecified atom stereocenters. The van der Waals surface area contributed by atoms with Crippen LogP contribution < -0.4 is 10.5 Å². The lowest BCUT2D eigenvalue weighted by Gasteiger charge is -2.26. The second-order valence-corrected chi connectivity index (χ2v) is 8.34. The topological polar surface area (TPSA) is 136 Å². The number of anilines is 1. The Morgan fingerprint density at radius 1 is 1.32 bits per heavy atom. The van der Waals surface area contributed by atoms with E-state index in [1.54, 1.807) is 36.7 Å². The lowest BCUT2D eigenvalue weighted by Crippen LogP contribution is -2.46. The van der Waals surface area contributed by atoms with Gasteiger partial charge in [-0.3, -0.25) is 4.98 Å². The molecule has 0 spiro atoms. The maximum absolute atomic E-state index is 11.6. The van der Waals surface area contributed by atoms with E-state index in [-0.39, 0.29) is 19.0 Å². The molecule has 3 heterocycles. The zero-order chi connectivity index (χ0) is 18.4. The van der Waals surface area contributed by atoms with E-state index in [2.05, 4.69) is 19.7 Å². The first-order valence-corrected chi connectivity index (χ1v) is 9.49. The third-order valence-electron chi connectivity index (χ3n) is 3.70. The Hall–Kier alpha value is -2.30. The quantitative estimate of drug-likeness (QED) is 0.595. The SMILES string of the molecule is CC(C)(Cn1c(CO)nc2c(N)nc3cccnc3c21)NS(C)(=O)=O. The molecule has 3 aromatic heterocycles. The minimum atomic E-state index is -3.41. The Balaban J connectivity index is 2.26. The van der Waals surface area contributed by atoms with Gasteiger partial charge in [0.1, 0.15) is 29.0 Å². The summed E-state index contributed by atoms with van der Waals surface area (Å²) in [4.78, 5) is 13.0. The molecule has 0 atom stereocenters. The fourth-order valence-corrected chi connectivity index (χ4v) is 4.06. The molecule has 3 aromatic rings. The van der Waals surface area contributed by atoms with Crippen LogP contribution >= 0.6 is 0 Å². The second kappa shape index (κ2) is 5.90. The van der Waals surface area contributed by atoms with Crippen molar-refractivity contribution in [1.82, 2.24) is 24.2 Å². The highest BCUT2D eigenvalue weighted by atomic mass is 32.2. The Bertz CT molecular complexity index is 1060. The number of aliphatic hydroxyl groups excluding tert-OH is 1. The lowest BCUT2D eigenvalue weighted by molar-refractivity contribution is 0.260. The zero-order valence-corrected chi connectivity index (χ0v) is 15.0. The summed E-state index contributed by atoms with van der Waals surface area (Å²) >= 11 is 0. The van der Waals surface area contributed by atoms with Gasteiger partial charge in [0.05, 0.1) is 11.8 Å². The van der Waals surface area contributed by atoms with Crippen LogP contribution in [0.5, 0.6) is 0 Å². The van der Waals surface area contributed by atoms with Crippen LogP contribution in [0, 0.1) is 0 Å². The maximum Gasteiger partial charge on any atom is 0.209 e. The Morgan fingerprint density at radius 3 is 2.68 bits per heavy atom. The number of nitrogens with two attached hydrogens (primary N) is 1. The van der Waals surface area contributed by atoms with Gasteiger partial charge in [-0.15, -0.1) is 0 Å². The molecule has 25 heavy (non-hydrogen) atoms. The number of nitrogens with one attached hydrogen (secondary N) is 1. The minimum Gasteiger partial charge on any atom is -0.388 e. The van der Waals surface area contributed by atoms with Gasteiger partial charge >= 0.3 is 0 Å². The first-order chi connectivity index (χ1) is 11.6. The Morgan fingerprint density at radius 2 is 2.04 bits per heavy atom. The maximum atomic E-state index is 11.6. The monoisotopic (exact) mass is 364 g/mol. The molecule has 0 aliphatic rings. The van der Waals surface area contributed by atoms with Gasteiger partial charge in [0, 0.05) is 18.3 Å². The van der Waals surface area contributed by atoms with Crippen LogP contribution in [-0.2, 0) is 23.2 Å². The average molecular weight is 364 g/mol. The predicted molar refractivity (Wildman–Crippen MR) is 95.2 cm³/mol. The van der Waals surface area contributed by atoms with Crippen LogP contribution in [-0.4, -0.2) is 44.8 Å². The van der Waals surface area contributed by atoms with Crippen LogP contribution in [0.15, 0.2) is 18.3 Å². The van der Waals surface area contributed by atoms with Crippen molar-refractivity contribution in [2.45, 2.75) is 32.5 Å². The molecule has 10 heteroatoms. The molecule has 3 rings (SSSR count). The van der Waals surface area contributed by atoms with Crippen molar-refractivity contribution >= 4 is 37.9 Å². The first kappa shape index (κ1) is 17.5. The van der Waals surface area contributed by atoms with Gasteiger partial charge in [0.15, 0.2) is 5.82 Å². The van der Waals surface area contributed by atoms with Crippen molar-refractivity contribution in [3.8, 4) is 0 Å². The van der Waals surface area contributed by atoms with E-state index >= 15 is 0 Å². The van der Waals surface area contributed by atoms with Crippen molar-refractivity contribution in [1.29, 1.82) is 0 Å². The largest absolute Gasteiger partial charge is 0.388 e. The fraction of sp³-hybridized carbons (Fsp3) is 0.400. The molecule has 0 aliphatic heterocycles. The summed E-state index contributed by atoms with van der Waals surface area (Å²) in [5, 5.41) is 9.71. The van der Waals surface area contributed by atoms with Crippen molar-refractivity contribution in [2.75, 3.05) is 12.0 Å². The van der Waals surface area contributed by atoms with E-state index in [1.165, 1.54) is 0 Å². The third-order valence-corrected chi connectivity index (χ3v) is 4.62. The zero-order valence-electron chi connectivity index (χ0n) is 14.2. The standard InChI is InChI=1S/C15H20N6O3S/c1-15(2,20-25(3,23)24)8-21-10(7-22)19-12-13(21)11-9(18-14(12)16)5-4-6-17-11/h4-6,20,22H,7-8H2,1-3H3,(H2,16,18). The van der Waals surface area contributed by atoms with Gasteiger partial charge in [-0.2, -0.15) is 0 Å². The summed E-state index contributed by atoms with van der Waals surface area (Å²) in [7, 11) is -3.41. The summed E-state index contributed by atoms with van der Waals surface area (Å²) in [6, 6.07) is 3.54. The summed E-state index contributed by atoms with van der Waals surface area (Å²) < 4.78 is 27.6. The van der Waals surface area contributed by atoms with Crippen LogP contribution in [0.25, 0.3) is 22.1 Å². The average Bonchev–Trinajstić information content (AvgIpc) is 2.83. The van der Waals surface area contributed by atoms with Gasteiger partial charge in [-0.1, -0.05) is 0 Å². The lowest BCUT2D eigenvalue weighted by atomic mass is 10.1. The first-order valence-electron chi connectivity index (χ1n) is 7.60.